The summed E-state index contributed by atoms with van der Waals surface area (Å²) in [6, 6.07) is 11.3. The second-order valence-electron chi connectivity index (χ2n) is 5.48. The smallest absolute Gasteiger partial charge is 0.185 e. The van der Waals surface area contributed by atoms with Crippen LogP contribution >= 0.6 is 0 Å². The number of carbonyl (C=O) groups is 1. The zero-order chi connectivity index (χ0) is 15.7. The quantitative estimate of drug-likeness (QED) is 0.694. The molecule has 0 aliphatic rings. The third kappa shape index (κ3) is 2.86. The Bertz CT molecular complexity index is 871. The molecule has 3 aromatic rings. The van der Waals surface area contributed by atoms with Crippen molar-refractivity contribution in [2.45, 2.75) is 27.2 Å². The number of ketones is 1. The minimum Gasteiger partial charge on any atom is -0.292 e. The summed E-state index contributed by atoms with van der Waals surface area (Å²) in [4.78, 5) is 25.7. The summed E-state index contributed by atoms with van der Waals surface area (Å²) < 4.78 is 0. The maximum absolute atomic E-state index is 12.3. The summed E-state index contributed by atoms with van der Waals surface area (Å²) in [5.74, 6) is 0.0137. The van der Waals surface area contributed by atoms with E-state index in [0.717, 1.165) is 33.7 Å². The lowest BCUT2D eigenvalue weighted by atomic mass is 10.1. The van der Waals surface area contributed by atoms with Crippen molar-refractivity contribution in [3.8, 4) is 0 Å². The summed E-state index contributed by atoms with van der Waals surface area (Å²) in [6.07, 6.45) is 0.320. The van der Waals surface area contributed by atoms with Gasteiger partial charge in [0.1, 0.15) is 5.69 Å². The van der Waals surface area contributed by atoms with Crippen LogP contribution in [0.1, 0.15) is 33.1 Å². The van der Waals surface area contributed by atoms with Crippen molar-refractivity contribution in [2.24, 2.45) is 0 Å². The van der Waals surface area contributed by atoms with Gasteiger partial charge in [0.15, 0.2) is 5.78 Å². The van der Waals surface area contributed by atoms with Crippen LogP contribution in [-0.4, -0.2) is 20.7 Å². The Kier molecular flexibility index (Phi) is 3.67. The molecule has 0 aliphatic carbocycles. The van der Waals surface area contributed by atoms with Gasteiger partial charge in [-0.05, 0) is 50.6 Å². The first-order chi connectivity index (χ1) is 10.5. The number of aryl methyl sites for hydroxylation is 3. The summed E-state index contributed by atoms with van der Waals surface area (Å²) in [6.45, 7) is 5.77. The zero-order valence-electron chi connectivity index (χ0n) is 12.9. The van der Waals surface area contributed by atoms with E-state index in [-0.39, 0.29) is 5.78 Å². The Morgan fingerprint density at radius 3 is 2.36 bits per heavy atom. The molecule has 4 heteroatoms. The van der Waals surface area contributed by atoms with Gasteiger partial charge in [0.05, 0.1) is 22.4 Å². The van der Waals surface area contributed by atoms with Crippen molar-refractivity contribution >= 4 is 16.8 Å². The number of rotatable bonds is 3. The Hall–Kier alpha value is -2.62. The lowest BCUT2D eigenvalue weighted by molar-refractivity contribution is 0.0988. The molecule has 0 radical (unpaired) electrons. The first kappa shape index (κ1) is 14.3. The first-order valence-corrected chi connectivity index (χ1v) is 7.23. The van der Waals surface area contributed by atoms with Crippen LogP contribution in [0.15, 0.2) is 36.4 Å². The molecule has 0 saturated heterocycles. The monoisotopic (exact) mass is 291 g/mol. The van der Waals surface area contributed by atoms with Gasteiger partial charge in [-0.2, -0.15) is 0 Å². The molecule has 4 nitrogen and oxygen atoms in total. The molecule has 1 aromatic carbocycles. The number of benzene rings is 1. The average molecular weight is 291 g/mol. The fourth-order valence-electron chi connectivity index (χ4n) is 2.36. The van der Waals surface area contributed by atoms with E-state index in [1.54, 1.807) is 6.07 Å². The lowest BCUT2D eigenvalue weighted by Gasteiger charge is -2.05. The maximum atomic E-state index is 12.3. The molecule has 0 N–H and O–H groups in total. The van der Waals surface area contributed by atoms with Gasteiger partial charge in [-0.3, -0.25) is 9.78 Å². The highest BCUT2D eigenvalue weighted by molar-refractivity contribution is 5.96. The van der Waals surface area contributed by atoms with Gasteiger partial charge >= 0.3 is 0 Å². The van der Waals surface area contributed by atoms with Gasteiger partial charge in [0, 0.05) is 12.1 Å². The second-order valence-corrected chi connectivity index (χ2v) is 5.48. The SMILES string of the molecule is Cc1cccc(C(=O)Cc2ccc3nc(C)c(C)nc3c2)n1. The number of nitrogens with zero attached hydrogens (tertiary/aromatic N) is 3. The third-order valence-corrected chi connectivity index (χ3v) is 3.68. The molecular weight excluding hydrogens is 274 g/mol. The van der Waals surface area contributed by atoms with Crippen molar-refractivity contribution in [3.05, 3.63) is 64.7 Å². The van der Waals surface area contributed by atoms with Crippen molar-refractivity contribution < 1.29 is 4.79 Å². The van der Waals surface area contributed by atoms with Crippen molar-refractivity contribution in [2.75, 3.05) is 0 Å². The first-order valence-electron chi connectivity index (χ1n) is 7.23. The van der Waals surface area contributed by atoms with Crippen LogP contribution in [0.3, 0.4) is 0 Å². The van der Waals surface area contributed by atoms with Crippen LogP contribution < -0.4 is 0 Å². The van der Waals surface area contributed by atoms with Crippen LogP contribution in [0.5, 0.6) is 0 Å². The largest absolute Gasteiger partial charge is 0.292 e. The number of aromatic nitrogens is 3. The van der Waals surface area contributed by atoms with Gasteiger partial charge in [-0.1, -0.05) is 12.1 Å². The molecule has 0 aliphatic heterocycles. The van der Waals surface area contributed by atoms with Gasteiger partial charge in [0.25, 0.3) is 0 Å². The molecule has 0 unspecified atom stereocenters. The number of Topliss-reactive ketones (excluding diaryl/α,β-unsaturated/α-hetero) is 1. The van der Waals surface area contributed by atoms with Crippen LogP contribution in [0.2, 0.25) is 0 Å². The average Bonchev–Trinajstić information content (AvgIpc) is 2.49. The fraction of sp³-hybridized carbons (Fsp3) is 0.222. The Balaban J connectivity index is 1.90. The molecule has 110 valence electrons. The van der Waals surface area contributed by atoms with Gasteiger partial charge in [0.2, 0.25) is 0 Å². The normalized spacial score (nSPS) is 10.9. The molecule has 2 aromatic heterocycles. The lowest BCUT2D eigenvalue weighted by Crippen LogP contribution is -2.06. The highest BCUT2D eigenvalue weighted by Crippen LogP contribution is 2.16. The predicted octanol–water partition coefficient (Wildman–Crippen LogP) is 3.38. The Labute approximate surface area is 129 Å². The minimum absolute atomic E-state index is 0.0137. The summed E-state index contributed by atoms with van der Waals surface area (Å²) in [5.41, 5.74) is 5.81. The van der Waals surface area contributed by atoms with E-state index in [1.165, 1.54) is 0 Å². The fourth-order valence-corrected chi connectivity index (χ4v) is 2.36. The number of hydrogen-bond donors (Lipinski definition) is 0. The van der Waals surface area contributed by atoms with Crippen molar-refractivity contribution in [3.63, 3.8) is 0 Å². The van der Waals surface area contributed by atoms with Gasteiger partial charge in [-0.25, -0.2) is 9.97 Å². The highest BCUT2D eigenvalue weighted by atomic mass is 16.1. The van der Waals surface area contributed by atoms with E-state index in [0.29, 0.717) is 12.1 Å². The van der Waals surface area contributed by atoms with Crippen molar-refractivity contribution in [1.29, 1.82) is 0 Å². The molecular formula is C18H17N3O. The number of pyridine rings is 1. The molecule has 0 bridgehead atoms. The number of carbonyl (C=O) groups excluding carboxylic acids is 1. The number of hydrogen-bond acceptors (Lipinski definition) is 4. The molecule has 22 heavy (non-hydrogen) atoms. The molecule has 0 saturated carbocycles. The van der Waals surface area contributed by atoms with E-state index >= 15 is 0 Å². The standard InChI is InChI=1S/C18H17N3O/c1-11-5-4-6-16(19-11)18(22)10-14-7-8-15-17(9-14)21-13(3)12(2)20-15/h4-9H,10H2,1-3H3. The summed E-state index contributed by atoms with van der Waals surface area (Å²) >= 11 is 0. The topological polar surface area (TPSA) is 55.7 Å². The van der Waals surface area contributed by atoms with Crippen LogP contribution in [0, 0.1) is 20.8 Å². The van der Waals surface area contributed by atoms with Gasteiger partial charge < -0.3 is 0 Å². The second kappa shape index (κ2) is 5.64. The van der Waals surface area contributed by atoms with E-state index < -0.39 is 0 Å². The van der Waals surface area contributed by atoms with Crippen molar-refractivity contribution in [1.82, 2.24) is 15.0 Å². The molecule has 3 rings (SSSR count). The maximum Gasteiger partial charge on any atom is 0.185 e. The van der Waals surface area contributed by atoms with Crippen LogP contribution in [0.25, 0.3) is 11.0 Å². The molecule has 0 amide bonds. The van der Waals surface area contributed by atoms with Gasteiger partial charge in [-0.15, -0.1) is 0 Å². The molecule has 0 spiro atoms. The number of fused-ring (bicyclic) bond motifs is 1. The molecule has 2 heterocycles. The Morgan fingerprint density at radius 2 is 1.64 bits per heavy atom. The van der Waals surface area contributed by atoms with Crippen LogP contribution in [-0.2, 0) is 6.42 Å². The molecule has 0 atom stereocenters. The summed E-state index contributed by atoms with van der Waals surface area (Å²) in [5, 5.41) is 0. The highest BCUT2D eigenvalue weighted by Gasteiger charge is 2.10. The zero-order valence-corrected chi connectivity index (χ0v) is 12.9. The molecule has 0 fully saturated rings. The van der Waals surface area contributed by atoms with E-state index in [9.17, 15) is 4.79 Å². The predicted molar refractivity (Wildman–Crippen MR) is 86.0 cm³/mol. The summed E-state index contributed by atoms with van der Waals surface area (Å²) in [7, 11) is 0. The Morgan fingerprint density at radius 1 is 0.909 bits per heavy atom. The van der Waals surface area contributed by atoms with E-state index in [4.69, 9.17) is 0 Å². The van der Waals surface area contributed by atoms with E-state index in [1.807, 2.05) is 51.1 Å². The van der Waals surface area contributed by atoms with E-state index in [2.05, 4.69) is 15.0 Å². The van der Waals surface area contributed by atoms with Crippen LogP contribution in [0.4, 0.5) is 0 Å². The minimum atomic E-state index is 0.0137. The third-order valence-electron chi connectivity index (χ3n) is 3.68.